The van der Waals surface area contributed by atoms with Crippen LogP contribution < -0.4 is 10.1 Å². The van der Waals surface area contributed by atoms with Crippen molar-refractivity contribution >= 4 is 23.2 Å². The van der Waals surface area contributed by atoms with Crippen LogP contribution in [0.25, 0.3) is 16.9 Å². The largest absolute Gasteiger partial charge is 0.480 e. The number of halogens is 1. The summed E-state index contributed by atoms with van der Waals surface area (Å²) >= 11 is 6.02. The van der Waals surface area contributed by atoms with Gasteiger partial charge in [0.15, 0.2) is 5.65 Å². The van der Waals surface area contributed by atoms with Gasteiger partial charge >= 0.3 is 0 Å². The third-order valence-electron chi connectivity index (χ3n) is 4.33. The Morgan fingerprint density at radius 1 is 1.07 bits per heavy atom. The van der Waals surface area contributed by atoms with Gasteiger partial charge in [-0.15, -0.1) is 5.10 Å². The minimum atomic E-state index is -0.166. The number of fused-ring (bicyclic) bond motifs is 1. The molecule has 6 nitrogen and oxygen atoms in total. The normalized spacial score (nSPS) is 10.8. The molecule has 0 radical (unpaired) electrons. The molecule has 0 fully saturated rings. The van der Waals surface area contributed by atoms with Gasteiger partial charge in [-0.2, -0.15) is 0 Å². The highest BCUT2D eigenvalue weighted by atomic mass is 35.5. The fourth-order valence-corrected chi connectivity index (χ4v) is 3.05. The lowest BCUT2D eigenvalue weighted by molar-refractivity contribution is 0.0950. The maximum absolute atomic E-state index is 12.5. The number of carbonyl (C=O) groups is 1. The van der Waals surface area contributed by atoms with Crippen LogP contribution in [0, 0.1) is 0 Å². The summed E-state index contributed by atoms with van der Waals surface area (Å²) in [6.07, 6.45) is 0. The molecule has 0 atom stereocenters. The van der Waals surface area contributed by atoms with Gasteiger partial charge in [0, 0.05) is 22.2 Å². The Bertz CT molecular complexity index is 1120. The zero-order valence-electron chi connectivity index (χ0n) is 15.1. The van der Waals surface area contributed by atoms with Crippen molar-refractivity contribution in [3.8, 4) is 17.1 Å². The van der Waals surface area contributed by atoms with Crippen LogP contribution in [0.1, 0.15) is 16.1 Å². The first-order chi connectivity index (χ1) is 13.7. The van der Waals surface area contributed by atoms with E-state index in [9.17, 15) is 4.79 Å². The van der Waals surface area contributed by atoms with Gasteiger partial charge in [-0.05, 0) is 30.3 Å². The lowest BCUT2D eigenvalue weighted by Crippen LogP contribution is -2.24. The molecule has 0 bridgehead atoms. The van der Waals surface area contributed by atoms with Crippen molar-refractivity contribution in [1.29, 1.82) is 0 Å². The summed E-state index contributed by atoms with van der Waals surface area (Å²) in [5.41, 5.74) is 3.62. The van der Waals surface area contributed by atoms with Gasteiger partial charge < -0.3 is 10.1 Å². The summed E-state index contributed by atoms with van der Waals surface area (Å²) in [5, 5.41) is 8.05. The summed E-state index contributed by atoms with van der Waals surface area (Å²) < 4.78 is 6.93. The molecule has 7 heteroatoms. The number of methoxy groups -OCH3 is 1. The summed E-state index contributed by atoms with van der Waals surface area (Å²) in [6.45, 7) is 0.257. The van der Waals surface area contributed by atoms with Crippen molar-refractivity contribution < 1.29 is 9.53 Å². The number of imidazole rings is 1. The molecule has 0 aliphatic rings. The second kappa shape index (κ2) is 7.70. The summed E-state index contributed by atoms with van der Waals surface area (Å²) in [4.78, 5) is 17.2. The molecule has 2 aromatic heterocycles. The summed E-state index contributed by atoms with van der Waals surface area (Å²) in [7, 11) is 1.56. The smallest absolute Gasteiger partial charge is 0.251 e. The van der Waals surface area contributed by atoms with Crippen LogP contribution in [0.5, 0.6) is 5.88 Å². The molecule has 0 saturated carbocycles. The van der Waals surface area contributed by atoms with E-state index in [1.807, 2.05) is 36.4 Å². The summed E-state index contributed by atoms with van der Waals surface area (Å²) in [5.74, 6) is 0.295. The Kier molecular flexibility index (Phi) is 4.95. The van der Waals surface area contributed by atoms with Crippen molar-refractivity contribution in [2.24, 2.45) is 0 Å². The number of amides is 1. The molecule has 0 saturated heterocycles. The quantitative estimate of drug-likeness (QED) is 0.557. The molecule has 2 aromatic carbocycles. The molecule has 4 aromatic rings. The maximum Gasteiger partial charge on any atom is 0.251 e. The molecular weight excluding hydrogens is 376 g/mol. The average molecular weight is 393 g/mol. The van der Waals surface area contributed by atoms with Crippen molar-refractivity contribution in [2.45, 2.75) is 6.54 Å². The number of rotatable bonds is 5. The minimum Gasteiger partial charge on any atom is -0.480 e. The second-order valence-corrected chi connectivity index (χ2v) is 6.54. The molecular formula is C21H17ClN4O2. The van der Waals surface area contributed by atoms with Crippen LogP contribution in [-0.2, 0) is 6.54 Å². The molecule has 1 N–H and O–H groups in total. The number of aromatic nitrogens is 3. The Hall–Kier alpha value is -3.38. The highest BCUT2D eigenvalue weighted by Crippen LogP contribution is 2.26. The maximum atomic E-state index is 12.5. The van der Waals surface area contributed by atoms with E-state index in [-0.39, 0.29) is 12.5 Å². The van der Waals surface area contributed by atoms with E-state index < -0.39 is 0 Å². The van der Waals surface area contributed by atoms with Crippen molar-refractivity contribution in [2.75, 3.05) is 7.11 Å². The van der Waals surface area contributed by atoms with Gasteiger partial charge in [0.1, 0.15) is 0 Å². The molecule has 2 heterocycles. The fourth-order valence-electron chi connectivity index (χ4n) is 2.92. The van der Waals surface area contributed by atoms with Crippen LogP contribution in [-0.4, -0.2) is 27.6 Å². The SMILES string of the molecule is COc1ccc2nc(-c3ccc(Cl)cc3)c(CNC(=O)c3ccccc3)n2n1. The van der Waals surface area contributed by atoms with Crippen LogP contribution in [0.15, 0.2) is 66.7 Å². The molecule has 0 unspecified atom stereocenters. The Labute approximate surface area is 166 Å². The van der Waals surface area contributed by atoms with Crippen LogP contribution in [0.4, 0.5) is 0 Å². The van der Waals surface area contributed by atoms with Gasteiger partial charge in [0.05, 0.1) is 25.0 Å². The van der Waals surface area contributed by atoms with Crippen LogP contribution in [0.2, 0.25) is 5.02 Å². The van der Waals surface area contributed by atoms with Gasteiger partial charge in [-0.1, -0.05) is 41.9 Å². The Morgan fingerprint density at radius 3 is 2.54 bits per heavy atom. The third-order valence-corrected chi connectivity index (χ3v) is 4.58. The molecule has 0 spiro atoms. The highest BCUT2D eigenvalue weighted by Gasteiger charge is 2.17. The zero-order chi connectivity index (χ0) is 19.5. The predicted molar refractivity (Wildman–Crippen MR) is 108 cm³/mol. The van der Waals surface area contributed by atoms with E-state index in [1.165, 1.54) is 0 Å². The van der Waals surface area contributed by atoms with Gasteiger partial charge in [-0.25, -0.2) is 9.50 Å². The van der Waals surface area contributed by atoms with Crippen LogP contribution >= 0.6 is 11.6 Å². The molecule has 1 amide bonds. The van der Waals surface area contributed by atoms with E-state index in [4.69, 9.17) is 16.3 Å². The number of benzene rings is 2. The van der Waals surface area contributed by atoms with Crippen molar-refractivity contribution in [3.05, 3.63) is 83.0 Å². The summed E-state index contributed by atoms with van der Waals surface area (Å²) in [6, 6.07) is 20.0. The van der Waals surface area contributed by atoms with Gasteiger partial charge in [0.25, 0.3) is 5.91 Å². The highest BCUT2D eigenvalue weighted by molar-refractivity contribution is 6.30. The number of hydrogen-bond donors (Lipinski definition) is 1. The minimum absolute atomic E-state index is 0.166. The first-order valence-electron chi connectivity index (χ1n) is 8.67. The van der Waals surface area contributed by atoms with E-state index in [0.29, 0.717) is 22.1 Å². The number of carbonyl (C=O) groups excluding carboxylic acids is 1. The standard InChI is InChI=1S/C21H17ClN4O2/c1-28-19-12-11-18-24-20(14-7-9-16(22)10-8-14)17(26(18)25-19)13-23-21(27)15-5-3-2-4-6-15/h2-12H,13H2,1H3,(H,23,27). The molecule has 28 heavy (non-hydrogen) atoms. The van der Waals surface area contributed by atoms with E-state index in [1.54, 1.807) is 42.0 Å². The molecule has 0 aliphatic carbocycles. The third kappa shape index (κ3) is 3.54. The Balaban J connectivity index is 1.74. The monoisotopic (exact) mass is 392 g/mol. The topological polar surface area (TPSA) is 68.5 Å². The van der Waals surface area contributed by atoms with Crippen molar-refractivity contribution in [3.63, 3.8) is 0 Å². The van der Waals surface area contributed by atoms with Crippen LogP contribution in [0.3, 0.4) is 0 Å². The number of ether oxygens (including phenoxy) is 1. The average Bonchev–Trinajstić information content (AvgIpc) is 3.10. The lowest BCUT2D eigenvalue weighted by Gasteiger charge is -2.08. The van der Waals surface area contributed by atoms with E-state index in [2.05, 4.69) is 15.4 Å². The molecule has 0 aliphatic heterocycles. The van der Waals surface area contributed by atoms with Gasteiger partial charge in [0.2, 0.25) is 5.88 Å². The first kappa shape index (κ1) is 18.0. The number of hydrogen-bond acceptors (Lipinski definition) is 4. The molecule has 4 rings (SSSR count). The fraction of sp³-hybridized carbons (Fsp3) is 0.0952. The van der Waals surface area contributed by atoms with E-state index in [0.717, 1.165) is 17.0 Å². The number of nitrogens with zero attached hydrogens (tertiary/aromatic N) is 3. The van der Waals surface area contributed by atoms with Gasteiger partial charge in [-0.3, -0.25) is 4.79 Å². The zero-order valence-corrected chi connectivity index (χ0v) is 15.8. The van der Waals surface area contributed by atoms with Crippen molar-refractivity contribution in [1.82, 2.24) is 19.9 Å². The first-order valence-corrected chi connectivity index (χ1v) is 9.05. The number of nitrogens with one attached hydrogen (secondary N) is 1. The Morgan fingerprint density at radius 2 is 1.82 bits per heavy atom. The lowest BCUT2D eigenvalue weighted by atomic mass is 10.1. The van der Waals surface area contributed by atoms with E-state index >= 15 is 0 Å². The second-order valence-electron chi connectivity index (χ2n) is 6.11. The molecule has 140 valence electrons. The predicted octanol–water partition coefficient (Wildman–Crippen LogP) is 3.99.